The van der Waals surface area contributed by atoms with E-state index >= 15 is 0 Å². The highest BCUT2D eigenvalue weighted by atomic mass is 32.1. The fraction of sp³-hybridized carbons (Fsp3) is 0.364. The lowest BCUT2D eigenvalue weighted by Gasteiger charge is -2.44. The maximum absolute atomic E-state index is 14.8. The van der Waals surface area contributed by atoms with E-state index in [4.69, 9.17) is 5.73 Å². The smallest absolute Gasteiger partial charge is 0.184 e. The monoisotopic (exact) mass is 449 g/mol. The number of halogens is 3. The minimum Gasteiger partial charge on any atom is -0.375 e. The molecule has 5 nitrogen and oxygen atoms in total. The van der Waals surface area contributed by atoms with Crippen LogP contribution in [0.3, 0.4) is 0 Å². The van der Waals surface area contributed by atoms with Crippen molar-refractivity contribution < 1.29 is 13.2 Å². The zero-order chi connectivity index (χ0) is 22.5. The summed E-state index contributed by atoms with van der Waals surface area (Å²) in [7, 11) is 0. The molecular weight excluding hydrogens is 423 g/mol. The van der Waals surface area contributed by atoms with Gasteiger partial charge in [0.2, 0.25) is 0 Å². The largest absolute Gasteiger partial charge is 0.375 e. The fourth-order valence-corrected chi connectivity index (χ4v) is 3.85. The van der Waals surface area contributed by atoms with Crippen LogP contribution in [-0.2, 0) is 6.54 Å². The molecule has 1 aliphatic heterocycles. The number of nitrogens with two attached hydrogens (primary N) is 1. The molecule has 3 N–H and O–H groups in total. The van der Waals surface area contributed by atoms with Crippen LogP contribution in [0.15, 0.2) is 41.5 Å². The second kappa shape index (κ2) is 10.1. The average molecular weight is 450 g/mol. The van der Waals surface area contributed by atoms with Gasteiger partial charge in [0.1, 0.15) is 17.5 Å². The van der Waals surface area contributed by atoms with Gasteiger partial charge in [-0.1, -0.05) is 32.0 Å². The molecule has 0 bridgehead atoms. The van der Waals surface area contributed by atoms with Gasteiger partial charge in [0.05, 0.1) is 11.9 Å². The number of nitrogens with one attached hydrogen (secondary N) is 1. The number of hydrogen-bond acceptors (Lipinski definition) is 4. The van der Waals surface area contributed by atoms with Gasteiger partial charge < -0.3 is 10.6 Å². The number of anilines is 1. The third-order valence-electron chi connectivity index (χ3n) is 5.42. The second-order valence-electron chi connectivity index (χ2n) is 7.88. The summed E-state index contributed by atoms with van der Waals surface area (Å²) in [5.41, 5.74) is 8.40. The van der Waals surface area contributed by atoms with Crippen LogP contribution in [0.25, 0.3) is 0 Å². The molecule has 0 aliphatic carbocycles. The molecule has 9 heteroatoms. The molecule has 0 spiro atoms. The highest BCUT2D eigenvalue weighted by molar-refractivity contribution is 7.80. The highest BCUT2D eigenvalue weighted by Gasteiger charge is 2.31. The molecular formula is C22H26F3N5S. The normalized spacial score (nSPS) is 17.5. The third-order valence-corrected chi connectivity index (χ3v) is 5.51. The molecule has 31 heavy (non-hydrogen) atoms. The molecule has 0 unspecified atom stereocenters. The van der Waals surface area contributed by atoms with E-state index < -0.39 is 11.6 Å². The molecule has 1 heterocycles. The van der Waals surface area contributed by atoms with Crippen molar-refractivity contribution >= 4 is 29.2 Å². The van der Waals surface area contributed by atoms with Gasteiger partial charge in [-0.15, -0.1) is 0 Å². The van der Waals surface area contributed by atoms with Gasteiger partial charge in [-0.25, -0.2) is 13.2 Å². The molecule has 0 aromatic heterocycles. The Labute approximate surface area is 185 Å². The van der Waals surface area contributed by atoms with Crippen LogP contribution in [0.5, 0.6) is 0 Å². The molecule has 2 aromatic rings. The van der Waals surface area contributed by atoms with Crippen LogP contribution in [-0.4, -0.2) is 41.9 Å². The molecule has 1 saturated heterocycles. The third kappa shape index (κ3) is 5.74. The Hall–Kier alpha value is -2.65. The van der Waals surface area contributed by atoms with Gasteiger partial charge in [0.15, 0.2) is 5.11 Å². The van der Waals surface area contributed by atoms with E-state index in [-0.39, 0.29) is 34.1 Å². The molecule has 1 atom stereocenters. The Kier molecular flexibility index (Phi) is 7.50. The van der Waals surface area contributed by atoms with E-state index in [9.17, 15) is 13.2 Å². The van der Waals surface area contributed by atoms with Crippen LogP contribution in [0, 0.1) is 23.4 Å². The van der Waals surface area contributed by atoms with E-state index in [0.717, 1.165) is 12.3 Å². The molecule has 0 saturated carbocycles. The zero-order valence-corrected chi connectivity index (χ0v) is 18.3. The van der Waals surface area contributed by atoms with E-state index in [1.165, 1.54) is 12.1 Å². The number of hydrazone groups is 1. The lowest BCUT2D eigenvalue weighted by molar-refractivity contribution is 0.128. The lowest BCUT2D eigenvalue weighted by atomic mass is 9.98. The van der Waals surface area contributed by atoms with E-state index in [1.54, 1.807) is 12.1 Å². The first kappa shape index (κ1) is 23.0. The van der Waals surface area contributed by atoms with Gasteiger partial charge >= 0.3 is 0 Å². The number of nitrogens with zero attached hydrogens (tertiary/aromatic N) is 3. The standard InChI is InChI=1S/C22H26F3N5S/c1-14(2)21-13-30(8-7-29(21)12-15-5-3-4-6-17(15)23)20-10-18(24)16(9-19(20)25)11-27-28-22(26)31/h3-6,9-11,14,21H,7-8,12-13H2,1-2H3,(H3,26,28,31)/t21-/m1/s1. The Morgan fingerprint density at radius 1 is 1.19 bits per heavy atom. The van der Waals surface area contributed by atoms with Crippen LogP contribution >= 0.6 is 12.2 Å². The van der Waals surface area contributed by atoms with Crippen molar-refractivity contribution in [2.45, 2.75) is 26.4 Å². The molecule has 1 aliphatic rings. The number of piperazine rings is 1. The molecule has 166 valence electrons. The number of thiocarbonyl (C=S) groups is 1. The van der Waals surface area contributed by atoms with Crippen molar-refractivity contribution in [3.8, 4) is 0 Å². The summed E-state index contributed by atoms with van der Waals surface area (Å²) in [6.45, 7) is 6.26. The van der Waals surface area contributed by atoms with E-state index in [1.807, 2.05) is 11.0 Å². The molecule has 2 aromatic carbocycles. The summed E-state index contributed by atoms with van der Waals surface area (Å²) in [5.74, 6) is -1.12. The zero-order valence-electron chi connectivity index (χ0n) is 17.5. The first-order chi connectivity index (χ1) is 14.8. The van der Waals surface area contributed by atoms with Crippen molar-refractivity contribution in [3.05, 3.63) is 65.0 Å². The van der Waals surface area contributed by atoms with E-state index in [2.05, 4.69) is 41.5 Å². The van der Waals surface area contributed by atoms with Gasteiger partial charge in [0.25, 0.3) is 0 Å². The minimum atomic E-state index is -0.597. The Morgan fingerprint density at radius 2 is 1.94 bits per heavy atom. The lowest BCUT2D eigenvalue weighted by Crippen LogP contribution is -2.55. The van der Waals surface area contributed by atoms with Crippen molar-refractivity contribution in [2.24, 2.45) is 16.8 Å². The number of benzene rings is 2. The second-order valence-corrected chi connectivity index (χ2v) is 8.32. The van der Waals surface area contributed by atoms with E-state index in [0.29, 0.717) is 31.7 Å². The first-order valence-corrected chi connectivity index (χ1v) is 10.5. The minimum absolute atomic E-state index is 0.0106. The van der Waals surface area contributed by atoms with Crippen LogP contribution in [0.1, 0.15) is 25.0 Å². The number of hydrogen-bond donors (Lipinski definition) is 2. The van der Waals surface area contributed by atoms with Crippen molar-refractivity contribution in [1.82, 2.24) is 10.3 Å². The SMILES string of the molecule is CC(C)[C@H]1CN(c2cc(F)c(C=NNC(N)=S)cc2F)CCN1Cc1ccccc1F. The van der Waals surface area contributed by atoms with Crippen molar-refractivity contribution in [1.29, 1.82) is 0 Å². The summed E-state index contributed by atoms with van der Waals surface area (Å²) < 4.78 is 43.5. The van der Waals surface area contributed by atoms with Crippen LogP contribution < -0.4 is 16.1 Å². The average Bonchev–Trinajstić information content (AvgIpc) is 2.72. The molecule has 1 fully saturated rings. The maximum atomic E-state index is 14.8. The van der Waals surface area contributed by atoms with Crippen molar-refractivity contribution in [2.75, 3.05) is 24.5 Å². The van der Waals surface area contributed by atoms with Crippen LogP contribution in [0.4, 0.5) is 18.9 Å². The summed E-state index contributed by atoms with van der Waals surface area (Å²) in [6.07, 6.45) is 1.13. The maximum Gasteiger partial charge on any atom is 0.184 e. The van der Waals surface area contributed by atoms with Crippen molar-refractivity contribution in [3.63, 3.8) is 0 Å². The highest BCUT2D eigenvalue weighted by Crippen LogP contribution is 2.28. The van der Waals surface area contributed by atoms with Gasteiger partial charge in [-0.3, -0.25) is 10.3 Å². The number of rotatable bonds is 6. The summed E-state index contributed by atoms with van der Waals surface area (Å²) in [4.78, 5) is 4.05. The topological polar surface area (TPSA) is 56.9 Å². The summed E-state index contributed by atoms with van der Waals surface area (Å²) in [5, 5.41) is 3.61. The predicted octanol–water partition coefficient (Wildman–Crippen LogP) is 3.62. The Balaban J connectivity index is 1.77. The molecule has 0 amide bonds. The molecule has 0 radical (unpaired) electrons. The first-order valence-electron chi connectivity index (χ1n) is 10.1. The van der Waals surface area contributed by atoms with Gasteiger partial charge in [-0.2, -0.15) is 5.10 Å². The predicted molar refractivity (Wildman–Crippen MR) is 122 cm³/mol. The van der Waals surface area contributed by atoms with Gasteiger partial charge in [-0.05, 0) is 30.3 Å². The Bertz CT molecular complexity index is 966. The van der Waals surface area contributed by atoms with Gasteiger partial charge in [0, 0.05) is 49.4 Å². The fourth-order valence-electron chi connectivity index (χ4n) is 3.80. The molecule has 3 rings (SSSR count). The summed E-state index contributed by atoms with van der Waals surface area (Å²) >= 11 is 4.62. The van der Waals surface area contributed by atoms with Crippen LogP contribution in [0.2, 0.25) is 0 Å². The Morgan fingerprint density at radius 3 is 2.61 bits per heavy atom. The summed E-state index contributed by atoms with van der Waals surface area (Å²) in [6, 6.07) is 9.07. The quantitative estimate of drug-likeness (QED) is 0.401.